The van der Waals surface area contributed by atoms with E-state index in [1.807, 2.05) is 0 Å². The maximum absolute atomic E-state index is 12.3. The third-order valence-corrected chi connectivity index (χ3v) is 3.68. The molecular formula is C14H14BrN3O5. The van der Waals surface area contributed by atoms with Crippen LogP contribution in [-0.4, -0.2) is 43.8 Å². The summed E-state index contributed by atoms with van der Waals surface area (Å²) in [5.41, 5.74) is -1.97. The molecule has 3 N–H and O–H groups in total. The fourth-order valence-corrected chi connectivity index (χ4v) is 2.16. The Labute approximate surface area is 138 Å². The van der Waals surface area contributed by atoms with E-state index >= 15 is 0 Å². The first-order valence-electron chi connectivity index (χ1n) is 6.58. The fraction of sp³-hybridized carbons (Fsp3) is 0.286. The molecule has 0 radical (unpaired) electrons. The summed E-state index contributed by atoms with van der Waals surface area (Å²) in [6.45, 7) is 0.267. The minimum Gasteiger partial charge on any atom is -0.479 e. The first kappa shape index (κ1) is 17.1. The number of halogens is 1. The molecule has 1 atom stereocenters. The largest absolute Gasteiger partial charge is 0.479 e. The van der Waals surface area contributed by atoms with E-state index in [0.29, 0.717) is 15.4 Å². The molecule has 8 nitrogen and oxygen atoms in total. The van der Waals surface area contributed by atoms with E-state index in [9.17, 15) is 19.5 Å². The SMILES string of the molecule is CC(O)(CNC(=O)Cn1cnc2ccc(Br)cc2c1=O)C(=O)O. The summed E-state index contributed by atoms with van der Waals surface area (Å²) in [5, 5.41) is 20.9. The van der Waals surface area contributed by atoms with Gasteiger partial charge in [0, 0.05) is 4.47 Å². The van der Waals surface area contributed by atoms with E-state index in [-0.39, 0.29) is 6.54 Å². The van der Waals surface area contributed by atoms with Crippen LogP contribution in [0.4, 0.5) is 0 Å². The van der Waals surface area contributed by atoms with Gasteiger partial charge in [-0.25, -0.2) is 9.78 Å². The smallest absolute Gasteiger partial charge is 0.337 e. The van der Waals surface area contributed by atoms with Gasteiger partial charge in [0.2, 0.25) is 5.91 Å². The van der Waals surface area contributed by atoms with Crippen molar-refractivity contribution in [1.82, 2.24) is 14.9 Å². The lowest BCUT2D eigenvalue weighted by atomic mass is 10.1. The quantitative estimate of drug-likeness (QED) is 0.673. The Morgan fingerprint density at radius 1 is 1.43 bits per heavy atom. The van der Waals surface area contributed by atoms with Gasteiger partial charge in [0.1, 0.15) is 6.54 Å². The Morgan fingerprint density at radius 2 is 2.13 bits per heavy atom. The molecule has 0 saturated heterocycles. The first-order valence-corrected chi connectivity index (χ1v) is 7.37. The normalized spacial score (nSPS) is 13.5. The molecular weight excluding hydrogens is 370 g/mol. The first-order chi connectivity index (χ1) is 10.7. The molecule has 23 heavy (non-hydrogen) atoms. The summed E-state index contributed by atoms with van der Waals surface area (Å²) in [7, 11) is 0. The highest BCUT2D eigenvalue weighted by Gasteiger charge is 2.30. The zero-order chi connectivity index (χ0) is 17.2. The Morgan fingerprint density at radius 3 is 2.78 bits per heavy atom. The van der Waals surface area contributed by atoms with Gasteiger partial charge in [-0.3, -0.25) is 14.2 Å². The molecule has 0 aliphatic rings. The van der Waals surface area contributed by atoms with Gasteiger partial charge in [-0.15, -0.1) is 0 Å². The lowest BCUT2D eigenvalue weighted by molar-refractivity contribution is -0.156. The highest BCUT2D eigenvalue weighted by Crippen LogP contribution is 2.14. The van der Waals surface area contributed by atoms with E-state index in [4.69, 9.17) is 5.11 Å². The van der Waals surface area contributed by atoms with Crippen molar-refractivity contribution in [2.24, 2.45) is 0 Å². The lowest BCUT2D eigenvalue weighted by Gasteiger charge is -2.18. The molecule has 2 rings (SSSR count). The van der Waals surface area contributed by atoms with E-state index in [1.54, 1.807) is 18.2 Å². The monoisotopic (exact) mass is 383 g/mol. The predicted octanol–water partition coefficient (Wildman–Crippen LogP) is 0.111. The molecule has 0 saturated carbocycles. The van der Waals surface area contributed by atoms with Crippen LogP contribution >= 0.6 is 15.9 Å². The number of carboxylic acids is 1. The van der Waals surface area contributed by atoms with E-state index < -0.39 is 29.6 Å². The summed E-state index contributed by atoms with van der Waals surface area (Å²) in [6, 6.07) is 5.03. The van der Waals surface area contributed by atoms with E-state index in [2.05, 4.69) is 26.2 Å². The van der Waals surface area contributed by atoms with Crippen molar-refractivity contribution in [3.63, 3.8) is 0 Å². The van der Waals surface area contributed by atoms with Crippen LogP contribution in [0.1, 0.15) is 6.92 Å². The van der Waals surface area contributed by atoms with Crippen LogP contribution in [0.5, 0.6) is 0 Å². The molecule has 0 aliphatic carbocycles. The van der Waals surface area contributed by atoms with Crippen molar-refractivity contribution in [3.05, 3.63) is 39.4 Å². The molecule has 2 aromatic rings. The van der Waals surface area contributed by atoms with Gasteiger partial charge >= 0.3 is 5.97 Å². The molecule has 1 unspecified atom stereocenters. The number of rotatable bonds is 5. The minimum atomic E-state index is -2.08. The molecule has 0 spiro atoms. The number of benzene rings is 1. The van der Waals surface area contributed by atoms with Crippen molar-refractivity contribution < 1.29 is 19.8 Å². The van der Waals surface area contributed by atoms with Crippen LogP contribution in [-0.2, 0) is 16.1 Å². The van der Waals surface area contributed by atoms with Crippen LogP contribution in [0.15, 0.2) is 33.8 Å². The van der Waals surface area contributed by atoms with Gasteiger partial charge in [0.05, 0.1) is 23.8 Å². The van der Waals surface area contributed by atoms with Crippen LogP contribution in [0.3, 0.4) is 0 Å². The number of nitrogens with zero attached hydrogens (tertiary/aromatic N) is 2. The van der Waals surface area contributed by atoms with Crippen molar-refractivity contribution in [1.29, 1.82) is 0 Å². The minimum absolute atomic E-state index is 0.329. The Hall–Kier alpha value is -2.26. The number of amides is 1. The van der Waals surface area contributed by atoms with Gasteiger partial charge in [0.25, 0.3) is 5.56 Å². The predicted molar refractivity (Wildman–Crippen MR) is 85.0 cm³/mol. The van der Waals surface area contributed by atoms with Crippen molar-refractivity contribution >= 4 is 38.7 Å². The number of carbonyl (C=O) groups is 2. The second kappa shape index (κ2) is 6.47. The summed E-state index contributed by atoms with van der Waals surface area (Å²) in [5.74, 6) is -2.06. The van der Waals surface area contributed by atoms with Gasteiger partial charge in [-0.2, -0.15) is 0 Å². The average Bonchev–Trinajstić information content (AvgIpc) is 2.48. The van der Waals surface area contributed by atoms with Gasteiger partial charge < -0.3 is 15.5 Å². The van der Waals surface area contributed by atoms with Crippen molar-refractivity contribution in [3.8, 4) is 0 Å². The second-order valence-electron chi connectivity index (χ2n) is 5.19. The Kier molecular flexibility index (Phi) is 4.81. The highest BCUT2D eigenvalue weighted by atomic mass is 79.9. The van der Waals surface area contributed by atoms with Crippen LogP contribution in [0.25, 0.3) is 10.9 Å². The zero-order valence-corrected chi connectivity index (χ0v) is 13.7. The summed E-state index contributed by atoms with van der Waals surface area (Å²) < 4.78 is 1.82. The van der Waals surface area contributed by atoms with Gasteiger partial charge in [-0.1, -0.05) is 15.9 Å². The number of hydrogen-bond acceptors (Lipinski definition) is 5. The number of fused-ring (bicyclic) bond motifs is 1. The topological polar surface area (TPSA) is 122 Å². The summed E-state index contributed by atoms with van der Waals surface area (Å²) in [4.78, 5) is 39.0. The van der Waals surface area contributed by atoms with Crippen molar-refractivity contribution in [2.45, 2.75) is 19.1 Å². The molecule has 0 aliphatic heterocycles. The number of carboxylic acid groups (broad SMARTS) is 1. The van der Waals surface area contributed by atoms with Crippen molar-refractivity contribution in [2.75, 3.05) is 6.54 Å². The van der Waals surface area contributed by atoms with E-state index in [1.165, 1.54) is 6.33 Å². The molecule has 1 aromatic carbocycles. The standard InChI is InChI=1S/C14H14BrN3O5/c1-14(23,13(21)22)6-16-11(19)5-18-7-17-10-3-2-8(15)4-9(10)12(18)20/h2-4,7,23H,5-6H2,1H3,(H,16,19)(H,21,22). The molecule has 0 bridgehead atoms. The zero-order valence-electron chi connectivity index (χ0n) is 12.1. The van der Waals surface area contributed by atoms with E-state index in [0.717, 1.165) is 11.5 Å². The van der Waals surface area contributed by atoms with Gasteiger partial charge in [-0.05, 0) is 25.1 Å². The number of hydrogen-bond donors (Lipinski definition) is 3. The van der Waals surface area contributed by atoms with Crippen LogP contribution in [0.2, 0.25) is 0 Å². The Bertz CT molecular complexity index is 831. The molecule has 1 heterocycles. The number of aliphatic hydroxyl groups is 1. The summed E-state index contributed by atoms with van der Waals surface area (Å²) >= 11 is 3.26. The van der Waals surface area contributed by atoms with Crippen LogP contribution < -0.4 is 10.9 Å². The maximum Gasteiger partial charge on any atom is 0.337 e. The molecule has 1 amide bonds. The number of aliphatic carboxylic acids is 1. The number of aromatic nitrogens is 2. The molecule has 0 fully saturated rings. The Balaban J connectivity index is 2.16. The number of nitrogens with one attached hydrogen (secondary N) is 1. The second-order valence-corrected chi connectivity index (χ2v) is 6.11. The lowest BCUT2D eigenvalue weighted by Crippen LogP contribution is -2.47. The number of carbonyl (C=O) groups excluding carboxylic acids is 1. The highest BCUT2D eigenvalue weighted by molar-refractivity contribution is 9.10. The molecule has 9 heteroatoms. The third-order valence-electron chi connectivity index (χ3n) is 3.19. The van der Waals surface area contributed by atoms with Crippen LogP contribution in [0, 0.1) is 0 Å². The molecule has 122 valence electrons. The van der Waals surface area contributed by atoms with Gasteiger partial charge in [0.15, 0.2) is 5.60 Å². The fourth-order valence-electron chi connectivity index (χ4n) is 1.80. The third kappa shape index (κ3) is 3.93. The summed E-state index contributed by atoms with van der Waals surface area (Å²) in [6.07, 6.45) is 1.24. The average molecular weight is 384 g/mol. The molecule has 1 aromatic heterocycles. The maximum atomic E-state index is 12.3.